The van der Waals surface area contributed by atoms with Crippen molar-refractivity contribution in [3.05, 3.63) is 28.8 Å². The first-order valence-corrected chi connectivity index (χ1v) is 6.40. The van der Waals surface area contributed by atoms with Crippen molar-refractivity contribution in [1.29, 1.82) is 0 Å². The van der Waals surface area contributed by atoms with Crippen LogP contribution in [0.3, 0.4) is 0 Å². The van der Waals surface area contributed by atoms with Gasteiger partial charge < -0.3 is 15.4 Å². The molecule has 0 spiro atoms. The first kappa shape index (κ1) is 12.7. The number of halogens is 1. The maximum absolute atomic E-state index is 6.18. The molecule has 0 bridgehead atoms. The van der Waals surface area contributed by atoms with E-state index in [1.165, 1.54) is 0 Å². The highest BCUT2D eigenvalue weighted by molar-refractivity contribution is 6.31. The fourth-order valence-corrected chi connectivity index (χ4v) is 2.60. The summed E-state index contributed by atoms with van der Waals surface area (Å²) >= 11 is 6.18. The average molecular weight is 255 g/mol. The van der Waals surface area contributed by atoms with Crippen LogP contribution in [-0.2, 0) is 11.3 Å². The summed E-state index contributed by atoms with van der Waals surface area (Å²) in [6.07, 6.45) is 2.13. The minimum Gasteiger partial charge on any atom is -0.381 e. The molecule has 1 aliphatic rings. The Morgan fingerprint density at radius 3 is 2.76 bits per heavy atom. The van der Waals surface area contributed by atoms with Crippen molar-refractivity contribution in [2.75, 3.05) is 25.2 Å². The van der Waals surface area contributed by atoms with Gasteiger partial charge in [-0.25, -0.2) is 0 Å². The summed E-state index contributed by atoms with van der Waals surface area (Å²) in [6, 6.07) is 6.48. The highest BCUT2D eigenvalue weighted by Gasteiger charge is 2.20. The van der Waals surface area contributed by atoms with Crippen LogP contribution in [0.15, 0.2) is 18.2 Å². The number of rotatable bonds is 3. The molecule has 0 saturated carbocycles. The van der Waals surface area contributed by atoms with Gasteiger partial charge in [0, 0.05) is 49.1 Å². The number of benzene rings is 1. The molecule has 0 aromatic heterocycles. The lowest BCUT2D eigenvalue weighted by Gasteiger charge is -2.34. The number of hydrogen-bond acceptors (Lipinski definition) is 3. The van der Waals surface area contributed by atoms with Gasteiger partial charge in [0.25, 0.3) is 0 Å². The fraction of sp³-hybridized carbons (Fsp3) is 0.538. The first-order chi connectivity index (χ1) is 8.24. The van der Waals surface area contributed by atoms with Crippen molar-refractivity contribution in [2.45, 2.75) is 25.4 Å². The second kappa shape index (κ2) is 5.71. The predicted molar refractivity (Wildman–Crippen MR) is 71.6 cm³/mol. The Hall–Kier alpha value is -0.770. The molecule has 94 valence electrons. The Balaban J connectivity index is 2.23. The maximum atomic E-state index is 6.18. The standard InChI is InChI=1S/C13H19ClN2O/c1-16(10-5-7-17-8-6-10)13-4-2-3-12(14)11(13)9-15/h2-4,10H,5-9,15H2,1H3. The smallest absolute Gasteiger partial charge is 0.0485 e. The van der Waals surface area contributed by atoms with Crippen molar-refractivity contribution in [2.24, 2.45) is 5.73 Å². The maximum Gasteiger partial charge on any atom is 0.0485 e. The summed E-state index contributed by atoms with van der Waals surface area (Å²) in [4.78, 5) is 2.29. The van der Waals surface area contributed by atoms with E-state index >= 15 is 0 Å². The summed E-state index contributed by atoms with van der Waals surface area (Å²) < 4.78 is 5.39. The molecule has 0 atom stereocenters. The molecule has 4 heteroatoms. The molecular formula is C13H19ClN2O. The van der Waals surface area contributed by atoms with E-state index in [2.05, 4.69) is 18.0 Å². The molecule has 3 nitrogen and oxygen atoms in total. The van der Waals surface area contributed by atoms with Gasteiger partial charge in [0.05, 0.1) is 0 Å². The molecule has 1 heterocycles. The number of hydrogen-bond donors (Lipinski definition) is 1. The minimum absolute atomic E-state index is 0.475. The quantitative estimate of drug-likeness (QED) is 0.900. The van der Waals surface area contributed by atoms with Crippen molar-refractivity contribution in [3.63, 3.8) is 0 Å². The predicted octanol–water partition coefficient (Wildman–Crippen LogP) is 2.41. The molecule has 1 aromatic carbocycles. The third-order valence-corrected chi connectivity index (χ3v) is 3.77. The van der Waals surface area contributed by atoms with Crippen LogP contribution in [0.4, 0.5) is 5.69 Å². The van der Waals surface area contributed by atoms with E-state index in [1.807, 2.05) is 12.1 Å². The molecule has 1 aliphatic heterocycles. The lowest BCUT2D eigenvalue weighted by molar-refractivity contribution is 0.0854. The normalized spacial score (nSPS) is 17.1. The molecular weight excluding hydrogens is 236 g/mol. The number of ether oxygens (including phenoxy) is 1. The van der Waals surface area contributed by atoms with Crippen molar-refractivity contribution in [1.82, 2.24) is 0 Å². The van der Waals surface area contributed by atoms with E-state index < -0.39 is 0 Å². The van der Waals surface area contributed by atoms with E-state index in [1.54, 1.807) is 0 Å². The lowest BCUT2D eigenvalue weighted by Crippen LogP contribution is -2.37. The number of nitrogens with zero attached hydrogens (tertiary/aromatic N) is 1. The first-order valence-electron chi connectivity index (χ1n) is 6.02. The molecule has 2 rings (SSSR count). The molecule has 0 unspecified atom stereocenters. The van der Waals surface area contributed by atoms with Crippen LogP contribution in [-0.4, -0.2) is 26.3 Å². The Bertz CT molecular complexity index is 378. The molecule has 0 aliphatic carbocycles. The summed E-state index contributed by atoms with van der Waals surface area (Å²) in [5.41, 5.74) is 7.96. The average Bonchev–Trinajstić information content (AvgIpc) is 2.38. The van der Waals surface area contributed by atoms with Gasteiger partial charge in [-0.05, 0) is 25.0 Å². The second-order valence-electron chi connectivity index (χ2n) is 4.40. The van der Waals surface area contributed by atoms with Crippen LogP contribution in [0.2, 0.25) is 5.02 Å². The van der Waals surface area contributed by atoms with Gasteiger partial charge in [0.2, 0.25) is 0 Å². The Labute approximate surface area is 107 Å². The molecule has 0 amide bonds. The molecule has 0 radical (unpaired) electrons. The second-order valence-corrected chi connectivity index (χ2v) is 4.80. The Morgan fingerprint density at radius 1 is 1.41 bits per heavy atom. The zero-order valence-corrected chi connectivity index (χ0v) is 10.9. The summed E-state index contributed by atoms with van der Waals surface area (Å²) in [5.74, 6) is 0. The van der Waals surface area contributed by atoms with Gasteiger partial charge in [0.1, 0.15) is 0 Å². The van der Waals surface area contributed by atoms with E-state index in [0.717, 1.165) is 42.3 Å². The van der Waals surface area contributed by atoms with Crippen LogP contribution in [0, 0.1) is 0 Å². The Kier molecular flexibility index (Phi) is 4.26. The third kappa shape index (κ3) is 2.73. The van der Waals surface area contributed by atoms with Crippen molar-refractivity contribution < 1.29 is 4.74 Å². The monoisotopic (exact) mass is 254 g/mol. The van der Waals surface area contributed by atoms with Crippen LogP contribution in [0.5, 0.6) is 0 Å². The molecule has 1 aromatic rings. The highest BCUT2D eigenvalue weighted by atomic mass is 35.5. The minimum atomic E-state index is 0.475. The number of anilines is 1. The van der Waals surface area contributed by atoms with Crippen LogP contribution >= 0.6 is 11.6 Å². The fourth-order valence-electron chi connectivity index (χ4n) is 2.35. The van der Waals surface area contributed by atoms with Crippen molar-refractivity contribution in [3.8, 4) is 0 Å². The third-order valence-electron chi connectivity index (χ3n) is 3.42. The van der Waals surface area contributed by atoms with E-state index in [0.29, 0.717) is 12.6 Å². The van der Waals surface area contributed by atoms with Crippen molar-refractivity contribution >= 4 is 17.3 Å². The lowest BCUT2D eigenvalue weighted by atomic mass is 10.0. The molecule has 17 heavy (non-hydrogen) atoms. The van der Waals surface area contributed by atoms with Crippen LogP contribution < -0.4 is 10.6 Å². The van der Waals surface area contributed by atoms with Crippen LogP contribution in [0.1, 0.15) is 18.4 Å². The largest absolute Gasteiger partial charge is 0.381 e. The van der Waals surface area contributed by atoms with Gasteiger partial charge in [-0.3, -0.25) is 0 Å². The van der Waals surface area contributed by atoms with Gasteiger partial charge in [-0.1, -0.05) is 17.7 Å². The molecule has 2 N–H and O–H groups in total. The highest BCUT2D eigenvalue weighted by Crippen LogP contribution is 2.29. The van der Waals surface area contributed by atoms with Gasteiger partial charge in [-0.15, -0.1) is 0 Å². The van der Waals surface area contributed by atoms with Gasteiger partial charge in [-0.2, -0.15) is 0 Å². The van der Waals surface area contributed by atoms with E-state index in [4.69, 9.17) is 22.1 Å². The SMILES string of the molecule is CN(c1cccc(Cl)c1CN)C1CCOCC1. The van der Waals surface area contributed by atoms with E-state index in [-0.39, 0.29) is 0 Å². The van der Waals surface area contributed by atoms with Crippen LogP contribution in [0.25, 0.3) is 0 Å². The number of nitrogens with two attached hydrogens (primary N) is 1. The van der Waals surface area contributed by atoms with E-state index in [9.17, 15) is 0 Å². The molecule has 1 saturated heterocycles. The summed E-state index contributed by atoms with van der Waals surface area (Å²) in [5, 5.41) is 0.754. The van der Waals surface area contributed by atoms with Gasteiger partial charge in [0.15, 0.2) is 0 Å². The Morgan fingerprint density at radius 2 is 2.12 bits per heavy atom. The summed E-state index contributed by atoms with van der Waals surface area (Å²) in [7, 11) is 2.11. The zero-order valence-electron chi connectivity index (χ0n) is 10.2. The molecule has 1 fully saturated rings. The summed E-state index contributed by atoms with van der Waals surface area (Å²) in [6.45, 7) is 2.16. The topological polar surface area (TPSA) is 38.5 Å². The van der Waals surface area contributed by atoms with Gasteiger partial charge >= 0.3 is 0 Å². The zero-order chi connectivity index (χ0) is 12.3.